The van der Waals surface area contributed by atoms with Crippen LogP contribution < -0.4 is 4.31 Å². The first kappa shape index (κ1) is 15.6. The second-order valence-electron chi connectivity index (χ2n) is 4.38. The van der Waals surface area contributed by atoms with Gasteiger partial charge in [0.15, 0.2) is 11.6 Å². The van der Waals surface area contributed by atoms with Crippen LogP contribution in [0.2, 0.25) is 0 Å². The predicted molar refractivity (Wildman–Crippen MR) is 66.4 cm³/mol. The van der Waals surface area contributed by atoms with Crippen molar-refractivity contribution in [2.45, 2.75) is 6.42 Å². The summed E-state index contributed by atoms with van der Waals surface area (Å²) >= 11 is 0. The molecule has 0 aromatic heterocycles. The fraction of sp³-hybridized carbons (Fsp3) is 0.364. The van der Waals surface area contributed by atoms with E-state index >= 15 is 0 Å². The summed E-state index contributed by atoms with van der Waals surface area (Å²) in [6.45, 7) is -1.11. The largest absolute Gasteiger partial charge is 0.480 e. The minimum atomic E-state index is -4.39. The molecule has 1 fully saturated rings. The number of benzene rings is 1. The second kappa shape index (κ2) is 5.53. The molecule has 1 saturated heterocycles. The Hall–Kier alpha value is -1.81. The molecule has 1 aliphatic rings. The number of hydrogen-bond acceptors (Lipinski definition) is 3. The molecule has 116 valence electrons. The molecule has 1 N–H and O–H groups in total. The summed E-state index contributed by atoms with van der Waals surface area (Å²) in [5, 5.41) is 8.68. The van der Waals surface area contributed by atoms with E-state index in [2.05, 4.69) is 0 Å². The molecule has 0 aliphatic carbocycles. The molecule has 0 bridgehead atoms. The first-order valence-electron chi connectivity index (χ1n) is 5.87. The summed E-state index contributed by atoms with van der Waals surface area (Å²) in [6.07, 6.45) is 0.183. The highest BCUT2D eigenvalue weighted by atomic mass is 32.2. The smallest absolute Gasteiger partial charge is 0.318 e. The normalized spacial score (nSPS) is 18.7. The highest BCUT2D eigenvalue weighted by Gasteiger charge is 2.37. The van der Waals surface area contributed by atoms with E-state index in [9.17, 15) is 26.4 Å². The molecular weight excluding hydrogens is 313 g/mol. The van der Waals surface area contributed by atoms with Crippen LogP contribution in [0.1, 0.15) is 6.42 Å². The fourth-order valence-corrected chi connectivity index (χ4v) is 3.75. The summed E-state index contributed by atoms with van der Waals surface area (Å²) in [4.78, 5) is 10.7. The number of nitrogens with zero attached hydrogens (tertiary/aromatic N) is 2. The Morgan fingerprint density at radius 1 is 1.19 bits per heavy atom. The zero-order chi connectivity index (χ0) is 15.8. The van der Waals surface area contributed by atoms with Crippen LogP contribution in [-0.4, -0.2) is 43.4 Å². The fourth-order valence-electron chi connectivity index (χ4n) is 2.07. The van der Waals surface area contributed by atoms with E-state index in [0.717, 1.165) is 0 Å². The van der Waals surface area contributed by atoms with Gasteiger partial charge in [-0.1, -0.05) is 0 Å². The van der Waals surface area contributed by atoms with Gasteiger partial charge in [-0.25, -0.2) is 13.2 Å². The number of carboxylic acids is 1. The average Bonchev–Trinajstić information content (AvgIpc) is 2.32. The van der Waals surface area contributed by atoms with Gasteiger partial charge in [0.05, 0.1) is 0 Å². The number of carbonyl (C=O) groups is 1. The van der Waals surface area contributed by atoms with Crippen LogP contribution in [0.3, 0.4) is 0 Å². The minimum absolute atomic E-state index is 0.0738. The standard InChI is InChI=1S/C11H11F3N2O4S/c12-7-4-8(13)11(9(14)5-7)16-3-1-2-15(6-10(17)18)21(16,19)20/h4-5H,1-3,6H2,(H,17,18). The number of rotatable bonds is 3. The monoisotopic (exact) mass is 324 g/mol. The van der Waals surface area contributed by atoms with Crippen molar-refractivity contribution < 1.29 is 31.5 Å². The van der Waals surface area contributed by atoms with Gasteiger partial charge < -0.3 is 5.11 Å². The lowest BCUT2D eigenvalue weighted by atomic mass is 10.2. The summed E-state index contributed by atoms with van der Waals surface area (Å²) in [6, 6.07) is 0.730. The number of carboxylic acid groups (broad SMARTS) is 1. The van der Waals surface area contributed by atoms with Gasteiger partial charge in [-0.2, -0.15) is 12.7 Å². The van der Waals surface area contributed by atoms with Crippen LogP contribution in [0.4, 0.5) is 18.9 Å². The van der Waals surface area contributed by atoms with Crippen molar-refractivity contribution in [1.82, 2.24) is 4.31 Å². The molecule has 1 aromatic rings. The van der Waals surface area contributed by atoms with Crippen molar-refractivity contribution in [2.24, 2.45) is 0 Å². The van der Waals surface area contributed by atoms with Crippen LogP contribution in [0.5, 0.6) is 0 Å². The van der Waals surface area contributed by atoms with E-state index in [1.807, 2.05) is 0 Å². The molecule has 1 aromatic carbocycles. The first-order valence-corrected chi connectivity index (χ1v) is 7.27. The molecule has 1 aliphatic heterocycles. The van der Waals surface area contributed by atoms with Crippen molar-refractivity contribution in [3.05, 3.63) is 29.6 Å². The lowest BCUT2D eigenvalue weighted by molar-refractivity contribution is -0.137. The topological polar surface area (TPSA) is 77.9 Å². The quantitative estimate of drug-likeness (QED) is 0.898. The summed E-state index contributed by atoms with van der Waals surface area (Å²) < 4.78 is 65.7. The Kier molecular flexibility index (Phi) is 4.10. The second-order valence-corrected chi connectivity index (χ2v) is 6.23. The molecule has 0 amide bonds. The van der Waals surface area contributed by atoms with Crippen molar-refractivity contribution in [3.8, 4) is 0 Å². The molecule has 21 heavy (non-hydrogen) atoms. The number of aliphatic carboxylic acids is 1. The highest BCUT2D eigenvalue weighted by Crippen LogP contribution is 2.30. The van der Waals surface area contributed by atoms with E-state index in [1.165, 1.54) is 0 Å². The van der Waals surface area contributed by atoms with Crippen LogP contribution in [0.15, 0.2) is 12.1 Å². The van der Waals surface area contributed by atoms with Crippen LogP contribution >= 0.6 is 0 Å². The highest BCUT2D eigenvalue weighted by molar-refractivity contribution is 7.90. The van der Waals surface area contributed by atoms with Crippen molar-refractivity contribution in [1.29, 1.82) is 0 Å². The molecule has 0 spiro atoms. The van der Waals surface area contributed by atoms with E-state index in [1.54, 1.807) is 0 Å². The SMILES string of the molecule is O=C(O)CN1CCCN(c2c(F)cc(F)cc2F)S1(=O)=O. The van der Waals surface area contributed by atoms with Crippen LogP contribution in [0.25, 0.3) is 0 Å². The van der Waals surface area contributed by atoms with Crippen LogP contribution in [-0.2, 0) is 15.0 Å². The Bertz CT molecular complexity index is 657. The minimum Gasteiger partial charge on any atom is -0.480 e. The Labute approximate surface area is 118 Å². The molecular formula is C11H11F3N2O4S. The van der Waals surface area contributed by atoms with Gasteiger partial charge in [0, 0.05) is 25.2 Å². The maximum atomic E-state index is 13.7. The zero-order valence-corrected chi connectivity index (χ0v) is 11.4. The molecule has 10 heteroatoms. The third-order valence-electron chi connectivity index (χ3n) is 2.92. The number of halogens is 3. The van der Waals surface area contributed by atoms with Gasteiger partial charge in [-0.15, -0.1) is 0 Å². The number of anilines is 1. The average molecular weight is 324 g/mol. The van der Waals surface area contributed by atoms with Gasteiger partial charge in [0.25, 0.3) is 0 Å². The van der Waals surface area contributed by atoms with Crippen molar-refractivity contribution >= 4 is 21.9 Å². The molecule has 6 nitrogen and oxygen atoms in total. The Morgan fingerprint density at radius 2 is 1.76 bits per heavy atom. The van der Waals surface area contributed by atoms with E-state index in [0.29, 0.717) is 20.7 Å². The third-order valence-corrected chi connectivity index (χ3v) is 4.80. The van der Waals surface area contributed by atoms with Gasteiger partial charge in [0.2, 0.25) is 0 Å². The lowest BCUT2D eigenvalue weighted by Gasteiger charge is -2.35. The lowest BCUT2D eigenvalue weighted by Crippen LogP contribution is -2.51. The maximum absolute atomic E-state index is 13.7. The van der Waals surface area contributed by atoms with Gasteiger partial charge in [-0.05, 0) is 6.42 Å². The van der Waals surface area contributed by atoms with Gasteiger partial charge >= 0.3 is 16.2 Å². The summed E-state index contributed by atoms with van der Waals surface area (Å²) in [5.74, 6) is -5.30. The molecule has 0 radical (unpaired) electrons. The zero-order valence-electron chi connectivity index (χ0n) is 10.6. The maximum Gasteiger partial charge on any atom is 0.318 e. The summed E-state index contributed by atoms with van der Waals surface area (Å²) in [5.41, 5.74) is -0.911. The molecule has 0 atom stereocenters. The van der Waals surface area contributed by atoms with E-state index < -0.39 is 45.9 Å². The first-order chi connectivity index (χ1) is 9.73. The van der Waals surface area contributed by atoms with E-state index in [4.69, 9.17) is 5.11 Å². The molecule has 0 saturated carbocycles. The van der Waals surface area contributed by atoms with Crippen molar-refractivity contribution in [2.75, 3.05) is 23.9 Å². The third kappa shape index (κ3) is 2.95. The van der Waals surface area contributed by atoms with Gasteiger partial charge in [0.1, 0.15) is 18.0 Å². The summed E-state index contributed by atoms with van der Waals surface area (Å²) in [7, 11) is -4.39. The number of hydrogen-bond donors (Lipinski definition) is 1. The molecule has 2 rings (SSSR count). The van der Waals surface area contributed by atoms with Crippen molar-refractivity contribution in [3.63, 3.8) is 0 Å². The predicted octanol–water partition coefficient (Wildman–Crippen LogP) is 0.945. The van der Waals surface area contributed by atoms with Gasteiger partial charge in [-0.3, -0.25) is 9.10 Å². The van der Waals surface area contributed by atoms with Crippen LogP contribution in [0, 0.1) is 17.5 Å². The Morgan fingerprint density at radius 3 is 2.29 bits per heavy atom. The molecule has 0 unspecified atom stereocenters. The molecule has 1 heterocycles. The Balaban J connectivity index is 2.46. The van der Waals surface area contributed by atoms with E-state index in [-0.39, 0.29) is 19.5 Å².